The molecule has 20 heavy (non-hydrogen) atoms. The van der Waals surface area contributed by atoms with Crippen LogP contribution in [0.1, 0.15) is 41.0 Å². The second-order valence-electron chi connectivity index (χ2n) is 5.43. The van der Waals surface area contributed by atoms with Crippen LogP contribution in [0.4, 0.5) is 0 Å². The van der Waals surface area contributed by atoms with E-state index in [4.69, 9.17) is 4.74 Å². The van der Waals surface area contributed by atoms with Crippen molar-refractivity contribution in [3.63, 3.8) is 0 Å². The zero-order valence-corrected chi connectivity index (χ0v) is 11.9. The Morgan fingerprint density at radius 2 is 1.75 bits per heavy atom. The van der Waals surface area contributed by atoms with Crippen LogP contribution in [0.25, 0.3) is 0 Å². The van der Waals surface area contributed by atoms with E-state index >= 15 is 0 Å². The molecule has 2 rings (SSSR count). The molecule has 4 heteroatoms. The third-order valence-electron chi connectivity index (χ3n) is 3.32. The van der Waals surface area contributed by atoms with E-state index in [1.807, 2.05) is 13.8 Å². The van der Waals surface area contributed by atoms with E-state index in [9.17, 15) is 9.59 Å². The van der Waals surface area contributed by atoms with Crippen LogP contribution in [-0.4, -0.2) is 35.5 Å². The van der Waals surface area contributed by atoms with Crippen LogP contribution in [0, 0.1) is 0 Å². The monoisotopic (exact) mass is 273 g/mol. The zero-order valence-electron chi connectivity index (χ0n) is 11.9. The molecule has 0 saturated carbocycles. The largest absolute Gasteiger partial charge is 0.379 e. The molecule has 0 fully saturated rings. The topological polar surface area (TPSA) is 46.6 Å². The smallest absolute Gasteiger partial charge is 0.262 e. The first kappa shape index (κ1) is 14.5. The standard InChI is InChI=1S/C16H19NO3/c1-4-5-10-20-11-16(2,3)17-14(18)12-8-6-7-9-13(12)15(17)19/h4,6-9H,1,5,10-11H2,2-3H3. The molecule has 0 N–H and O–H groups in total. The summed E-state index contributed by atoms with van der Waals surface area (Å²) < 4.78 is 5.53. The molecule has 2 amide bonds. The number of rotatable bonds is 6. The van der Waals surface area contributed by atoms with Gasteiger partial charge >= 0.3 is 0 Å². The highest BCUT2D eigenvalue weighted by molar-refractivity contribution is 6.21. The van der Waals surface area contributed by atoms with Crippen LogP contribution in [0.3, 0.4) is 0 Å². The molecule has 1 aliphatic rings. The third-order valence-corrected chi connectivity index (χ3v) is 3.32. The van der Waals surface area contributed by atoms with Crippen molar-refractivity contribution in [2.45, 2.75) is 25.8 Å². The number of hydrogen-bond donors (Lipinski definition) is 0. The number of carbonyl (C=O) groups is 2. The number of hydrogen-bond acceptors (Lipinski definition) is 3. The fourth-order valence-corrected chi connectivity index (χ4v) is 2.29. The number of ether oxygens (including phenoxy) is 1. The van der Waals surface area contributed by atoms with Gasteiger partial charge in [-0.25, -0.2) is 0 Å². The molecule has 0 aliphatic carbocycles. The molecule has 106 valence electrons. The van der Waals surface area contributed by atoms with Crippen LogP contribution in [0.5, 0.6) is 0 Å². The van der Waals surface area contributed by atoms with Crippen molar-refractivity contribution in [2.24, 2.45) is 0 Å². The lowest BCUT2D eigenvalue weighted by molar-refractivity contribution is 0.0171. The number of imide groups is 1. The summed E-state index contributed by atoms with van der Waals surface area (Å²) >= 11 is 0. The minimum Gasteiger partial charge on any atom is -0.379 e. The lowest BCUT2D eigenvalue weighted by Crippen LogP contribution is -2.50. The van der Waals surface area contributed by atoms with E-state index < -0.39 is 5.54 Å². The molecule has 1 aromatic rings. The number of fused-ring (bicyclic) bond motifs is 1. The van der Waals surface area contributed by atoms with Gasteiger partial charge in [0.15, 0.2) is 0 Å². The molecule has 1 aromatic carbocycles. The van der Waals surface area contributed by atoms with Gasteiger partial charge in [-0.1, -0.05) is 18.2 Å². The molecular formula is C16H19NO3. The van der Waals surface area contributed by atoms with Crippen molar-refractivity contribution in [1.29, 1.82) is 0 Å². The quantitative estimate of drug-likeness (QED) is 0.455. The Labute approximate surface area is 119 Å². The average molecular weight is 273 g/mol. The van der Waals surface area contributed by atoms with Crippen molar-refractivity contribution >= 4 is 11.8 Å². The zero-order chi connectivity index (χ0) is 14.8. The highest BCUT2D eigenvalue weighted by atomic mass is 16.5. The number of amides is 2. The van der Waals surface area contributed by atoms with Crippen molar-refractivity contribution in [3.05, 3.63) is 48.0 Å². The van der Waals surface area contributed by atoms with Gasteiger partial charge in [-0.15, -0.1) is 6.58 Å². The van der Waals surface area contributed by atoms with E-state index in [2.05, 4.69) is 6.58 Å². The number of carbonyl (C=O) groups excluding carboxylic acids is 2. The minimum atomic E-state index is -0.672. The highest BCUT2D eigenvalue weighted by Gasteiger charge is 2.43. The fourth-order valence-electron chi connectivity index (χ4n) is 2.29. The van der Waals surface area contributed by atoms with Crippen LogP contribution in [-0.2, 0) is 4.74 Å². The second kappa shape index (κ2) is 5.59. The summed E-state index contributed by atoms with van der Waals surface area (Å²) in [5.41, 5.74) is 0.266. The first-order valence-electron chi connectivity index (χ1n) is 6.65. The average Bonchev–Trinajstić information content (AvgIpc) is 2.68. The molecule has 1 heterocycles. The SMILES string of the molecule is C=CCCOCC(C)(C)N1C(=O)c2ccccc2C1=O. The van der Waals surface area contributed by atoms with Gasteiger partial charge in [-0.05, 0) is 32.4 Å². The Bertz CT molecular complexity index is 513. The Hall–Kier alpha value is -1.94. The Kier molecular flexibility index (Phi) is 4.04. The van der Waals surface area contributed by atoms with Crippen molar-refractivity contribution in [3.8, 4) is 0 Å². The maximum Gasteiger partial charge on any atom is 0.262 e. The predicted octanol–water partition coefficient (Wildman–Crippen LogP) is 2.65. The minimum absolute atomic E-state index is 0.247. The van der Waals surface area contributed by atoms with E-state index in [1.165, 1.54) is 4.90 Å². The summed E-state index contributed by atoms with van der Waals surface area (Å²) in [7, 11) is 0. The van der Waals surface area contributed by atoms with E-state index in [0.717, 1.165) is 6.42 Å². The fraction of sp³-hybridized carbons (Fsp3) is 0.375. The molecule has 0 saturated heterocycles. The van der Waals surface area contributed by atoms with E-state index in [1.54, 1.807) is 30.3 Å². The van der Waals surface area contributed by atoms with E-state index in [0.29, 0.717) is 24.3 Å². The summed E-state index contributed by atoms with van der Waals surface area (Å²) in [6.07, 6.45) is 2.52. The van der Waals surface area contributed by atoms with Gasteiger partial charge in [0.1, 0.15) is 0 Å². The summed E-state index contributed by atoms with van der Waals surface area (Å²) in [6.45, 7) is 8.15. The third kappa shape index (κ3) is 2.51. The molecule has 0 atom stereocenters. The number of benzene rings is 1. The van der Waals surface area contributed by atoms with Crippen LogP contribution >= 0.6 is 0 Å². The van der Waals surface area contributed by atoms with Crippen LogP contribution in [0.2, 0.25) is 0 Å². The lowest BCUT2D eigenvalue weighted by atomic mass is 10.0. The number of nitrogens with zero attached hydrogens (tertiary/aromatic N) is 1. The van der Waals surface area contributed by atoms with Crippen molar-refractivity contribution in [1.82, 2.24) is 4.90 Å². The van der Waals surface area contributed by atoms with Crippen LogP contribution < -0.4 is 0 Å². The maximum absolute atomic E-state index is 12.4. The van der Waals surface area contributed by atoms with Gasteiger partial charge in [-0.2, -0.15) is 0 Å². The second-order valence-corrected chi connectivity index (χ2v) is 5.43. The molecule has 0 radical (unpaired) electrons. The molecule has 0 spiro atoms. The van der Waals surface area contributed by atoms with Gasteiger partial charge in [0.2, 0.25) is 0 Å². The Balaban J connectivity index is 2.15. The first-order chi connectivity index (χ1) is 9.49. The predicted molar refractivity (Wildman–Crippen MR) is 76.7 cm³/mol. The molecular weight excluding hydrogens is 254 g/mol. The summed E-state index contributed by atoms with van der Waals surface area (Å²) in [5.74, 6) is -0.495. The molecule has 0 unspecified atom stereocenters. The van der Waals surface area contributed by atoms with Gasteiger partial charge in [0.05, 0.1) is 29.9 Å². The lowest BCUT2D eigenvalue weighted by Gasteiger charge is -2.33. The van der Waals surface area contributed by atoms with Crippen LogP contribution in [0.15, 0.2) is 36.9 Å². The van der Waals surface area contributed by atoms with E-state index in [-0.39, 0.29) is 11.8 Å². The summed E-state index contributed by atoms with van der Waals surface area (Å²) in [6, 6.07) is 6.90. The van der Waals surface area contributed by atoms with Crippen molar-refractivity contribution in [2.75, 3.05) is 13.2 Å². The molecule has 0 bridgehead atoms. The Morgan fingerprint density at radius 3 is 2.25 bits per heavy atom. The van der Waals surface area contributed by atoms with Gasteiger partial charge in [-0.3, -0.25) is 14.5 Å². The first-order valence-corrected chi connectivity index (χ1v) is 6.65. The van der Waals surface area contributed by atoms with Gasteiger partial charge < -0.3 is 4.74 Å². The summed E-state index contributed by atoms with van der Waals surface area (Å²) in [5, 5.41) is 0. The Morgan fingerprint density at radius 1 is 1.20 bits per heavy atom. The normalized spacial score (nSPS) is 14.6. The summed E-state index contributed by atoms with van der Waals surface area (Å²) in [4.78, 5) is 26.0. The molecule has 1 aliphatic heterocycles. The molecule has 0 aromatic heterocycles. The van der Waals surface area contributed by atoms with Crippen molar-refractivity contribution < 1.29 is 14.3 Å². The molecule has 4 nitrogen and oxygen atoms in total. The highest BCUT2D eigenvalue weighted by Crippen LogP contribution is 2.29. The van der Waals surface area contributed by atoms with Gasteiger partial charge in [0.25, 0.3) is 11.8 Å². The van der Waals surface area contributed by atoms with Gasteiger partial charge in [0, 0.05) is 0 Å². The maximum atomic E-state index is 12.4.